The third kappa shape index (κ3) is 4.83. The second kappa shape index (κ2) is 8.70. The van der Waals surface area contributed by atoms with E-state index < -0.39 is 55.4 Å². The number of hydrogen-bond donors (Lipinski definition) is 8. The molecule has 0 bridgehead atoms. The molecule has 0 amide bonds. The molecule has 22 heavy (non-hydrogen) atoms. The fourth-order valence-electron chi connectivity index (χ4n) is 2.19. The number of rotatable bonds is 8. The predicted molar refractivity (Wildman–Crippen MR) is 72.6 cm³/mol. The van der Waals surface area contributed by atoms with Crippen LogP contribution in [0, 0.1) is 0 Å². The van der Waals surface area contributed by atoms with Crippen LogP contribution in [-0.4, -0.2) is 92.5 Å². The van der Waals surface area contributed by atoms with Gasteiger partial charge in [-0.3, -0.25) is 10.1 Å². The molecule has 10 nitrogen and oxygen atoms in total. The zero-order valence-electron chi connectivity index (χ0n) is 11.9. The number of nitrogens with one attached hydrogen (secondary N) is 1. The Labute approximate surface area is 127 Å². The van der Waals surface area contributed by atoms with Crippen molar-refractivity contribution in [3.05, 3.63) is 0 Å². The Hall–Kier alpha value is -0.850. The number of aliphatic hydroxyl groups is 5. The average Bonchev–Trinajstić information content (AvgIpc) is 2.50. The number of carboxylic acid groups (broad SMARTS) is 1. The zero-order chi connectivity index (χ0) is 16.9. The van der Waals surface area contributed by atoms with Gasteiger partial charge in [0, 0.05) is 6.54 Å². The van der Waals surface area contributed by atoms with Crippen LogP contribution in [0.5, 0.6) is 0 Å². The van der Waals surface area contributed by atoms with E-state index in [4.69, 9.17) is 20.7 Å². The number of aliphatic hydroxyl groups excluding tert-OH is 5. The molecule has 10 heteroatoms. The summed E-state index contributed by atoms with van der Waals surface area (Å²) >= 11 is 0. The summed E-state index contributed by atoms with van der Waals surface area (Å²) < 4.78 is 5.17. The van der Waals surface area contributed by atoms with E-state index in [1.165, 1.54) is 0 Å². The van der Waals surface area contributed by atoms with Crippen LogP contribution >= 0.6 is 0 Å². The average molecular weight is 324 g/mol. The Morgan fingerprint density at radius 2 is 1.82 bits per heavy atom. The van der Waals surface area contributed by atoms with Gasteiger partial charge >= 0.3 is 5.97 Å². The van der Waals surface area contributed by atoms with Gasteiger partial charge < -0.3 is 41.1 Å². The molecule has 130 valence electrons. The molecule has 0 radical (unpaired) electrons. The number of nitrogens with two attached hydrogens (primary N) is 1. The molecule has 2 unspecified atom stereocenters. The normalized spacial score (nSPS) is 35.1. The molecular weight excluding hydrogens is 300 g/mol. The maximum absolute atomic E-state index is 11.2. The second-order valence-electron chi connectivity index (χ2n) is 5.27. The summed E-state index contributed by atoms with van der Waals surface area (Å²) in [7, 11) is 0. The molecule has 0 spiro atoms. The van der Waals surface area contributed by atoms with E-state index in [2.05, 4.69) is 5.32 Å². The van der Waals surface area contributed by atoms with Gasteiger partial charge in [-0.05, 0) is 12.8 Å². The molecule has 1 saturated heterocycles. The largest absolute Gasteiger partial charge is 0.480 e. The maximum Gasteiger partial charge on any atom is 0.320 e. The van der Waals surface area contributed by atoms with Crippen molar-refractivity contribution in [3.8, 4) is 0 Å². The van der Waals surface area contributed by atoms with Crippen molar-refractivity contribution in [2.75, 3.05) is 13.2 Å². The number of hydrogen-bond acceptors (Lipinski definition) is 9. The van der Waals surface area contributed by atoms with Crippen molar-refractivity contribution >= 4 is 5.97 Å². The predicted octanol–water partition coefficient (Wildman–Crippen LogP) is -4.07. The van der Waals surface area contributed by atoms with E-state index in [0.29, 0.717) is 0 Å². The smallest absolute Gasteiger partial charge is 0.320 e. The number of aliphatic carboxylic acids is 1. The first kappa shape index (κ1) is 19.2. The topological polar surface area (TPSA) is 186 Å². The zero-order valence-corrected chi connectivity index (χ0v) is 11.9. The van der Waals surface area contributed by atoms with Crippen molar-refractivity contribution in [1.29, 1.82) is 0 Å². The van der Waals surface area contributed by atoms with E-state index >= 15 is 0 Å². The summed E-state index contributed by atoms with van der Waals surface area (Å²) in [6.45, 7) is -0.612. The minimum atomic E-state index is -1.59. The summed E-state index contributed by atoms with van der Waals surface area (Å²) in [6.07, 6.45) is -7.79. The first-order chi connectivity index (χ1) is 10.3. The highest BCUT2D eigenvalue weighted by atomic mass is 16.6. The highest BCUT2D eigenvalue weighted by Gasteiger charge is 2.44. The standard InChI is InChI=1S/C12H24N2O8/c13-3-5(16)1-2-6(12(20)21)14-11-10(19)9(18)8(17)7(4-15)22-11/h5-11,14-19H,1-4,13H2,(H,20,21)/t5?,6?,7-,8+,9+,10-,11-/m1/s1. The van der Waals surface area contributed by atoms with Gasteiger partial charge in [0.25, 0.3) is 0 Å². The molecule has 1 heterocycles. The first-order valence-electron chi connectivity index (χ1n) is 6.99. The summed E-state index contributed by atoms with van der Waals surface area (Å²) in [6, 6.07) is -1.16. The Kier molecular flexibility index (Phi) is 7.59. The highest BCUT2D eigenvalue weighted by Crippen LogP contribution is 2.20. The first-order valence-corrected chi connectivity index (χ1v) is 6.99. The van der Waals surface area contributed by atoms with Crippen molar-refractivity contribution < 1.29 is 40.2 Å². The Bertz CT molecular complexity index is 356. The van der Waals surface area contributed by atoms with Crippen LogP contribution in [0.1, 0.15) is 12.8 Å². The van der Waals surface area contributed by atoms with Gasteiger partial charge in [0.1, 0.15) is 36.7 Å². The maximum atomic E-state index is 11.2. The van der Waals surface area contributed by atoms with Gasteiger partial charge in [0.2, 0.25) is 0 Å². The minimum absolute atomic E-state index is 0.00755. The van der Waals surface area contributed by atoms with E-state index in [0.717, 1.165) is 0 Å². The summed E-state index contributed by atoms with van der Waals surface area (Å²) in [5.41, 5.74) is 5.24. The lowest BCUT2D eigenvalue weighted by Gasteiger charge is -2.41. The number of carbonyl (C=O) groups is 1. The van der Waals surface area contributed by atoms with Crippen LogP contribution in [0.15, 0.2) is 0 Å². The van der Waals surface area contributed by atoms with Gasteiger partial charge in [0.05, 0.1) is 12.7 Å². The van der Waals surface area contributed by atoms with E-state index in [1.807, 2.05) is 0 Å². The van der Waals surface area contributed by atoms with Gasteiger partial charge in [-0.25, -0.2) is 0 Å². The molecule has 0 aromatic rings. The summed E-state index contributed by atoms with van der Waals surface area (Å²) in [4.78, 5) is 11.2. The second-order valence-corrected chi connectivity index (χ2v) is 5.27. The van der Waals surface area contributed by atoms with Crippen molar-refractivity contribution in [3.63, 3.8) is 0 Å². The van der Waals surface area contributed by atoms with Crippen molar-refractivity contribution in [2.45, 2.75) is 55.6 Å². The monoisotopic (exact) mass is 324 g/mol. The van der Waals surface area contributed by atoms with Crippen molar-refractivity contribution in [2.24, 2.45) is 5.73 Å². The molecule has 0 saturated carbocycles. The lowest BCUT2D eigenvalue weighted by Crippen LogP contribution is -2.64. The van der Waals surface area contributed by atoms with E-state index in [1.54, 1.807) is 0 Å². The minimum Gasteiger partial charge on any atom is -0.480 e. The molecule has 1 fully saturated rings. The third-order valence-corrected chi connectivity index (χ3v) is 3.62. The Morgan fingerprint density at radius 1 is 1.18 bits per heavy atom. The Balaban J connectivity index is 2.68. The van der Waals surface area contributed by atoms with Crippen LogP contribution in [0.2, 0.25) is 0 Å². The third-order valence-electron chi connectivity index (χ3n) is 3.62. The van der Waals surface area contributed by atoms with Crippen LogP contribution < -0.4 is 11.1 Å². The lowest BCUT2D eigenvalue weighted by molar-refractivity contribution is -0.238. The molecule has 1 rings (SSSR count). The van der Waals surface area contributed by atoms with Gasteiger partial charge in [-0.2, -0.15) is 0 Å². The fraction of sp³-hybridized carbons (Fsp3) is 0.917. The molecular formula is C12H24N2O8. The quantitative estimate of drug-likeness (QED) is 0.218. The van der Waals surface area contributed by atoms with E-state index in [9.17, 15) is 25.2 Å². The summed E-state index contributed by atoms with van der Waals surface area (Å²) in [5, 5.41) is 59.2. The number of carboxylic acids is 1. The van der Waals surface area contributed by atoms with Gasteiger partial charge in [-0.15, -0.1) is 0 Å². The highest BCUT2D eigenvalue weighted by molar-refractivity contribution is 5.73. The van der Waals surface area contributed by atoms with Gasteiger partial charge in [0.15, 0.2) is 0 Å². The lowest BCUT2D eigenvalue weighted by atomic mass is 9.97. The summed E-state index contributed by atoms with van der Waals surface area (Å²) in [5.74, 6) is -1.24. The molecule has 0 aromatic heterocycles. The van der Waals surface area contributed by atoms with Crippen LogP contribution in [0.25, 0.3) is 0 Å². The molecule has 1 aliphatic heterocycles. The van der Waals surface area contributed by atoms with Crippen LogP contribution in [0.3, 0.4) is 0 Å². The Morgan fingerprint density at radius 3 is 2.32 bits per heavy atom. The van der Waals surface area contributed by atoms with E-state index in [-0.39, 0.29) is 19.4 Å². The van der Waals surface area contributed by atoms with Gasteiger partial charge in [-0.1, -0.05) is 0 Å². The molecule has 9 N–H and O–H groups in total. The van der Waals surface area contributed by atoms with Crippen LogP contribution in [-0.2, 0) is 9.53 Å². The number of ether oxygens (including phenoxy) is 1. The fourth-order valence-corrected chi connectivity index (χ4v) is 2.19. The molecule has 0 aromatic carbocycles. The molecule has 0 aliphatic carbocycles. The SMILES string of the molecule is NCC(O)CCC(N[C@@H]1O[C@H](CO)[C@H](O)[C@H](O)[C@H]1O)C(=O)O. The van der Waals surface area contributed by atoms with Crippen LogP contribution in [0.4, 0.5) is 0 Å². The molecule has 1 aliphatic rings. The van der Waals surface area contributed by atoms with Crippen molar-refractivity contribution in [1.82, 2.24) is 5.32 Å². The molecule has 7 atom stereocenters.